The number of para-hydroxylation sites is 2. The highest BCUT2D eigenvalue weighted by Crippen LogP contribution is 2.32. The van der Waals surface area contributed by atoms with E-state index >= 15 is 0 Å². The highest BCUT2D eigenvalue weighted by molar-refractivity contribution is 7.92. The Morgan fingerprint density at radius 2 is 1.64 bits per heavy atom. The Morgan fingerprint density at radius 3 is 2.30 bits per heavy atom. The molecule has 3 N–H and O–H groups in total. The zero-order chi connectivity index (χ0) is 23.3. The van der Waals surface area contributed by atoms with Gasteiger partial charge in [-0.2, -0.15) is 4.98 Å². The Labute approximate surface area is 192 Å². The van der Waals surface area contributed by atoms with Crippen LogP contribution in [0.5, 0.6) is 5.75 Å². The van der Waals surface area contributed by atoms with Crippen LogP contribution in [0.15, 0.2) is 48.8 Å². The summed E-state index contributed by atoms with van der Waals surface area (Å²) in [6.07, 6.45) is 2.45. The van der Waals surface area contributed by atoms with Crippen LogP contribution >= 0.6 is 0 Å². The van der Waals surface area contributed by atoms with Crippen molar-refractivity contribution in [2.45, 2.75) is 0 Å². The van der Waals surface area contributed by atoms with Gasteiger partial charge in [-0.3, -0.25) is 4.72 Å². The number of methoxy groups -OCH3 is 1. The van der Waals surface area contributed by atoms with Crippen molar-refractivity contribution in [3.8, 4) is 5.75 Å². The first kappa shape index (κ1) is 22.6. The van der Waals surface area contributed by atoms with Crippen LogP contribution in [0, 0.1) is 0 Å². The topological polar surface area (TPSA) is 131 Å². The van der Waals surface area contributed by atoms with Crippen molar-refractivity contribution in [2.75, 3.05) is 59.9 Å². The normalized spacial score (nSPS) is 13.9. The number of ether oxygens (including phenoxy) is 2. The van der Waals surface area contributed by atoms with Crippen molar-refractivity contribution in [1.82, 2.24) is 15.0 Å². The van der Waals surface area contributed by atoms with Crippen LogP contribution in [0.3, 0.4) is 0 Å². The second-order valence-corrected chi connectivity index (χ2v) is 9.03. The predicted molar refractivity (Wildman–Crippen MR) is 127 cm³/mol. The lowest BCUT2D eigenvalue weighted by Crippen LogP contribution is -2.36. The van der Waals surface area contributed by atoms with Crippen LogP contribution in [0.1, 0.15) is 0 Å². The summed E-state index contributed by atoms with van der Waals surface area (Å²) in [7, 11) is -1.83. The number of hydrogen-bond acceptors (Lipinski definition) is 10. The highest BCUT2D eigenvalue weighted by Gasteiger charge is 2.15. The van der Waals surface area contributed by atoms with E-state index in [-0.39, 0.29) is 5.95 Å². The fourth-order valence-electron chi connectivity index (χ4n) is 3.34. The van der Waals surface area contributed by atoms with Gasteiger partial charge in [0.2, 0.25) is 21.9 Å². The molecule has 0 unspecified atom stereocenters. The lowest BCUT2D eigenvalue weighted by molar-refractivity contribution is 0.122. The average molecular weight is 472 g/mol. The fraction of sp³-hybridized carbons (Fsp3) is 0.286. The van der Waals surface area contributed by atoms with Crippen molar-refractivity contribution in [2.24, 2.45) is 0 Å². The molecule has 1 fully saturated rings. The van der Waals surface area contributed by atoms with Crippen LogP contribution in [0.4, 0.5) is 34.6 Å². The van der Waals surface area contributed by atoms with Gasteiger partial charge in [0.25, 0.3) is 0 Å². The molecule has 1 aliphatic rings. The number of benzene rings is 2. The first-order chi connectivity index (χ1) is 15.9. The molecule has 1 aliphatic heterocycles. The minimum atomic E-state index is -3.44. The lowest BCUT2D eigenvalue weighted by Gasteiger charge is -2.29. The molecule has 0 amide bonds. The Bertz CT molecular complexity index is 1220. The van der Waals surface area contributed by atoms with E-state index in [9.17, 15) is 8.42 Å². The van der Waals surface area contributed by atoms with Gasteiger partial charge in [0.1, 0.15) is 12.1 Å². The first-order valence-corrected chi connectivity index (χ1v) is 12.1. The molecule has 12 heteroatoms. The number of hydrogen-bond donors (Lipinski definition) is 3. The van der Waals surface area contributed by atoms with Crippen molar-refractivity contribution in [3.63, 3.8) is 0 Å². The van der Waals surface area contributed by atoms with Gasteiger partial charge in [-0.25, -0.2) is 18.4 Å². The Morgan fingerprint density at radius 1 is 0.970 bits per heavy atom. The molecule has 4 rings (SSSR count). The van der Waals surface area contributed by atoms with Gasteiger partial charge in [0.15, 0.2) is 0 Å². The maximum Gasteiger partial charge on any atom is 0.232 e. The maximum absolute atomic E-state index is 11.6. The standard InChI is InChI=1S/C21H25N7O4S/c1-31-19-13-15(28-9-11-32-12-10-28)7-8-18(19)25-21-23-14-22-20(26-21)24-16-5-3-4-6-17(16)27-33(2,29)30/h3-8,13-14,27H,9-12H2,1-2H3,(H2,22,23,24,25,26). The predicted octanol–water partition coefficient (Wildman–Crippen LogP) is 2.58. The summed E-state index contributed by atoms with van der Waals surface area (Å²) >= 11 is 0. The molecule has 11 nitrogen and oxygen atoms in total. The van der Waals surface area contributed by atoms with Crippen molar-refractivity contribution in [3.05, 3.63) is 48.8 Å². The summed E-state index contributed by atoms with van der Waals surface area (Å²) in [6.45, 7) is 3.06. The molecule has 0 spiro atoms. The third kappa shape index (κ3) is 5.99. The summed E-state index contributed by atoms with van der Waals surface area (Å²) in [5, 5.41) is 6.17. The molecule has 0 atom stereocenters. The quantitative estimate of drug-likeness (QED) is 0.450. The van der Waals surface area contributed by atoms with Crippen LogP contribution in [-0.4, -0.2) is 63.0 Å². The minimum absolute atomic E-state index is 0.249. The third-order valence-corrected chi connectivity index (χ3v) is 5.44. The molecule has 2 heterocycles. The van der Waals surface area contributed by atoms with Gasteiger partial charge in [0.05, 0.1) is 43.6 Å². The molecule has 0 aliphatic carbocycles. The number of aromatic nitrogens is 3. The van der Waals surface area contributed by atoms with Crippen LogP contribution in [0.25, 0.3) is 0 Å². The number of sulfonamides is 1. The van der Waals surface area contributed by atoms with E-state index in [0.29, 0.717) is 42.0 Å². The Balaban J connectivity index is 1.52. The fourth-order valence-corrected chi connectivity index (χ4v) is 3.92. The second kappa shape index (κ2) is 9.88. The molecule has 0 saturated carbocycles. The van der Waals surface area contributed by atoms with Gasteiger partial charge in [-0.05, 0) is 24.3 Å². The molecule has 0 bridgehead atoms. The van der Waals surface area contributed by atoms with Crippen LogP contribution in [-0.2, 0) is 14.8 Å². The molecular weight excluding hydrogens is 446 g/mol. The average Bonchev–Trinajstić information content (AvgIpc) is 2.80. The number of nitrogens with one attached hydrogen (secondary N) is 3. The summed E-state index contributed by atoms with van der Waals surface area (Å²) in [4.78, 5) is 14.9. The summed E-state index contributed by atoms with van der Waals surface area (Å²) < 4.78 is 36.7. The number of anilines is 6. The number of nitrogens with zero attached hydrogens (tertiary/aromatic N) is 4. The van der Waals surface area contributed by atoms with Crippen LogP contribution in [0.2, 0.25) is 0 Å². The monoisotopic (exact) mass is 471 g/mol. The van der Waals surface area contributed by atoms with Gasteiger partial charge >= 0.3 is 0 Å². The molecule has 1 saturated heterocycles. The molecule has 3 aromatic rings. The van der Waals surface area contributed by atoms with Crippen molar-refractivity contribution >= 4 is 44.7 Å². The Kier molecular flexibility index (Phi) is 6.75. The molecule has 33 heavy (non-hydrogen) atoms. The maximum atomic E-state index is 11.6. The van der Waals surface area contributed by atoms with E-state index < -0.39 is 10.0 Å². The minimum Gasteiger partial charge on any atom is -0.494 e. The highest BCUT2D eigenvalue weighted by atomic mass is 32.2. The van der Waals surface area contributed by atoms with E-state index in [1.165, 1.54) is 6.33 Å². The SMILES string of the molecule is COc1cc(N2CCOCC2)ccc1Nc1ncnc(Nc2ccccc2NS(C)(=O)=O)n1. The van der Waals surface area contributed by atoms with E-state index in [1.54, 1.807) is 31.4 Å². The summed E-state index contributed by atoms with van der Waals surface area (Å²) in [6, 6.07) is 12.7. The molecule has 0 radical (unpaired) electrons. The van der Waals surface area contributed by atoms with Gasteiger partial charge < -0.3 is 25.0 Å². The number of morpholine rings is 1. The van der Waals surface area contributed by atoms with Crippen LogP contribution < -0.4 is 25.0 Å². The summed E-state index contributed by atoms with van der Waals surface area (Å²) in [5.74, 6) is 1.20. The molecule has 174 valence electrons. The summed E-state index contributed by atoms with van der Waals surface area (Å²) in [5.41, 5.74) is 2.64. The van der Waals surface area contributed by atoms with Gasteiger partial charge in [-0.1, -0.05) is 12.1 Å². The largest absolute Gasteiger partial charge is 0.494 e. The third-order valence-electron chi connectivity index (χ3n) is 4.85. The van der Waals surface area contributed by atoms with E-state index in [0.717, 1.165) is 25.0 Å². The van der Waals surface area contributed by atoms with Crippen molar-refractivity contribution in [1.29, 1.82) is 0 Å². The second-order valence-electron chi connectivity index (χ2n) is 7.29. The molecule has 1 aromatic heterocycles. The van der Waals surface area contributed by atoms with Gasteiger partial charge in [0, 0.05) is 24.8 Å². The lowest BCUT2D eigenvalue weighted by atomic mass is 10.2. The van der Waals surface area contributed by atoms with E-state index in [4.69, 9.17) is 9.47 Å². The molecular formula is C21H25N7O4S. The zero-order valence-electron chi connectivity index (χ0n) is 18.3. The van der Waals surface area contributed by atoms with E-state index in [2.05, 4.69) is 35.2 Å². The zero-order valence-corrected chi connectivity index (χ0v) is 19.1. The van der Waals surface area contributed by atoms with E-state index in [1.807, 2.05) is 18.2 Å². The van der Waals surface area contributed by atoms with Crippen molar-refractivity contribution < 1.29 is 17.9 Å². The number of rotatable bonds is 8. The first-order valence-electron chi connectivity index (χ1n) is 10.2. The Hall–Kier alpha value is -3.64. The van der Waals surface area contributed by atoms with Gasteiger partial charge in [-0.15, -0.1) is 0 Å². The smallest absolute Gasteiger partial charge is 0.232 e. The molecule has 2 aromatic carbocycles.